The molecule has 4 aromatic rings. The normalized spacial score (nSPS) is 15.2. The number of carbonyl (C=O) groups excluding carboxylic acids is 1. The first-order chi connectivity index (χ1) is 15.6. The zero-order valence-electron chi connectivity index (χ0n) is 17.5. The van der Waals surface area contributed by atoms with E-state index in [4.69, 9.17) is 4.52 Å². The molecule has 0 saturated carbocycles. The topological polar surface area (TPSA) is 71.3 Å². The first-order valence-corrected chi connectivity index (χ1v) is 10.7. The molecule has 2 heterocycles. The van der Waals surface area contributed by atoms with E-state index < -0.39 is 0 Å². The number of hydrogen-bond acceptors (Lipinski definition) is 5. The molecule has 1 N–H and O–H groups in total. The lowest BCUT2D eigenvalue weighted by molar-refractivity contribution is -0.121. The van der Waals surface area contributed by atoms with Gasteiger partial charge in [0.15, 0.2) is 0 Å². The predicted octanol–water partition coefficient (Wildman–Crippen LogP) is 4.88. The second-order valence-electron chi connectivity index (χ2n) is 8.12. The molecule has 0 unspecified atom stereocenters. The van der Waals surface area contributed by atoms with Crippen LogP contribution in [0.25, 0.3) is 22.2 Å². The summed E-state index contributed by atoms with van der Waals surface area (Å²) >= 11 is 0. The standard InChI is InChI=1S/C25H23FN4O2/c26-21-8-5-18(6-9-21)24-28-23(32-29-24)16-30-13-11-19(12-14-30)25(31)27-22-10-7-17-3-1-2-4-20(17)15-22/h1-10,15,19H,11-14,16H2,(H,27,31). The molecule has 0 aliphatic carbocycles. The zero-order valence-corrected chi connectivity index (χ0v) is 17.5. The smallest absolute Gasteiger partial charge is 0.241 e. The Hall–Kier alpha value is -3.58. The van der Waals surface area contributed by atoms with Crippen LogP contribution in [0.1, 0.15) is 18.7 Å². The molecule has 162 valence electrons. The van der Waals surface area contributed by atoms with Crippen molar-refractivity contribution in [1.29, 1.82) is 0 Å². The monoisotopic (exact) mass is 430 g/mol. The molecule has 1 fully saturated rings. The van der Waals surface area contributed by atoms with E-state index in [1.54, 1.807) is 12.1 Å². The number of likely N-dealkylation sites (tertiary alicyclic amines) is 1. The van der Waals surface area contributed by atoms with Crippen molar-refractivity contribution in [3.63, 3.8) is 0 Å². The Morgan fingerprint density at radius 1 is 1.03 bits per heavy atom. The average Bonchev–Trinajstić information content (AvgIpc) is 3.28. The van der Waals surface area contributed by atoms with Crippen LogP contribution < -0.4 is 5.32 Å². The van der Waals surface area contributed by atoms with Crippen molar-refractivity contribution in [3.05, 3.63) is 78.4 Å². The van der Waals surface area contributed by atoms with Gasteiger partial charge >= 0.3 is 0 Å². The lowest BCUT2D eigenvalue weighted by Gasteiger charge is -2.30. The molecule has 1 aromatic heterocycles. The van der Waals surface area contributed by atoms with Crippen molar-refractivity contribution < 1.29 is 13.7 Å². The highest BCUT2D eigenvalue weighted by Crippen LogP contribution is 2.24. The van der Waals surface area contributed by atoms with Crippen molar-refractivity contribution in [1.82, 2.24) is 15.0 Å². The van der Waals surface area contributed by atoms with E-state index in [2.05, 4.69) is 26.4 Å². The van der Waals surface area contributed by atoms with Gasteiger partial charge in [-0.2, -0.15) is 4.98 Å². The number of benzene rings is 3. The maximum absolute atomic E-state index is 13.1. The molecule has 0 atom stereocenters. The summed E-state index contributed by atoms with van der Waals surface area (Å²) in [5.74, 6) is 0.713. The number of rotatable bonds is 5. The van der Waals surface area contributed by atoms with E-state index in [0.717, 1.165) is 42.4 Å². The highest BCUT2D eigenvalue weighted by molar-refractivity contribution is 5.95. The lowest BCUT2D eigenvalue weighted by Crippen LogP contribution is -2.37. The van der Waals surface area contributed by atoms with Gasteiger partial charge in [0.25, 0.3) is 0 Å². The van der Waals surface area contributed by atoms with Gasteiger partial charge in [-0.15, -0.1) is 0 Å². The van der Waals surface area contributed by atoms with Gasteiger partial charge < -0.3 is 9.84 Å². The highest BCUT2D eigenvalue weighted by atomic mass is 19.1. The summed E-state index contributed by atoms with van der Waals surface area (Å²) in [6.45, 7) is 2.10. The number of hydrogen-bond donors (Lipinski definition) is 1. The van der Waals surface area contributed by atoms with E-state index in [0.29, 0.717) is 23.8 Å². The molecule has 1 aliphatic heterocycles. The summed E-state index contributed by atoms with van der Waals surface area (Å²) in [6, 6.07) is 20.1. The quantitative estimate of drug-likeness (QED) is 0.489. The third-order valence-electron chi connectivity index (χ3n) is 5.90. The maximum atomic E-state index is 13.1. The Kier molecular flexibility index (Phi) is 5.64. The number of carbonyl (C=O) groups is 1. The Balaban J connectivity index is 1.14. The molecule has 1 amide bonds. The summed E-state index contributed by atoms with van der Waals surface area (Å²) in [5.41, 5.74) is 1.54. The van der Waals surface area contributed by atoms with Crippen molar-refractivity contribution >= 4 is 22.4 Å². The van der Waals surface area contributed by atoms with Crippen LogP contribution in [-0.4, -0.2) is 34.0 Å². The molecule has 0 radical (unpaired) electrons. The van der Waals surface area contributed by atoms with Gasteiger partial charge in [-0.25, -0.2) is 4.39 Å². The van der Waals surface area contributed by atoms with Crippen LogP contribution in [0, 0.1) is 11.7 Å². The van der Waals surface area contributed by atoms with Gasteiger partial charge in [0, 0.05) is 17.2 Å². The predicted molar refractivity (Wildman–Crippen MR) is 120 cm³/mol. The van der Waals surface area contributed by atoms with Gasteiger partial charge in [-0.3, -0.25) is 9.69 Å². The Bertz CT molecular complexity index is 1230. The maximum Gasteiger partial charge on any atom is 0.241 e. The van der Waals surface area contributed by atoms with E-state index in [1.807, 2.05) is 36.4 Å². The number of amides is 1. The summed E-state index contributed by atoms with van der Waals surface area (Å²) in [6.07, 6.45) is 1.55. The van der Waals surface area contributed by atoms with Gasteiger partial charge in [0.1, 0.15) is 5.82 Å². The first kappa shape index (κ1) is 20.3. The molecular weight excluding hydrogens is 407 g/mol. The summed E-state index contributed by atoms with van der Waals surface area (Å²) in [5, 5.41) is 9.33. The Labute approximate surface area is 185 Å². The van der Waals surface area contributed by atoms with E-state index >= 15 is 0 Å². The highest BCUT2D eigenvalue weighted by Gasteiger charge is 2.26. The van der Waals surface area contributed by atoms with Crippen LogP contribution in [-0.2, 0) is 11.3 Å². The molecule has 7 heteroatoms. The first-order valence-electron chi connectivity index (χ1n) is 10.7. The molecule has 0 spiro atoms. The van der Waals surface area contributed by atoms with E-state index in [9.17, 15) is 9.18 Å². The van der Waals surface area contributed by atoms with Gasteiger partial charge in [0.2, 0.25) is 17.6 Å². The average molecular weight is 430 g/mol. The fraction of sp³-hybridized carbons (Fsp3) is 0.240. The Morgan fingerprint density at radius 3 is 2.56 bits per heavy atom. The van der Waals surface area contributed by atoms with Crippen LogP contribution in [0.2, 0.25) is 0 Å². The SMILES string of the molecule is O=C(Nc1ccc2ccccc2c1)C1CCN(Cc2nc(-c3ccc(F)cc3)no2)CC1. The van der Waals surface area contributed by atoms with Gasteiger partial charge in [-0.1, -0.05) is 35.5 Å². The van der Waals surface area contributed by atoms with E-state index in [1.165, 1.54) is 12.1 Å². The molecular formula is C25H23FN4O2. The molecule has 1 aliphatic rings. The van der Waals surface area contributed by atoms with Crippen LogP contribution in [0.3, 0.4) is 0 Å². The number of nitrogens with zero attached hydrogens (tertiary/aromatic N) is 3. The third kappa shape index (κ3) is 4.53. The van der Waals surface area contributed by atoms with Crippen LogP contribution >= 0.6 is 0 Å². The number of fused-ring (bicyclic) bond motifs is 1. The van der Waals surface area contributed by atoms with E-state index in [-0.39, 0.29) is 17.6 Å². The summed E-state index contributed by atoms with van der Waals surface area (Å²) in [4.78, 5) is 19.4. The number of aromatic nitrogens is 2. The molecule has 1 saturated heterocycles. The van der Waals surface area contributed by atoms with Crippen LogP contribution in [0.15, 0.2) is 71.3 Å². The molecule has 6 nitrogen and oxygen atoms in total. The fourth-order valence-electron chi connectivity index (χ4n) is 4.09. The molecule has 3 aromatic carbocycles. The zero-order chi connectivity index (χ0) is 21.9. The number of halogens is 1. The van der Waals surface area contributed by atoms with Crippen molar-refractivity contribution in [2.75, 3.05) is 18.4 Å². The molecule has 32 heavy (non-hydrogen) atoms. The lowest BCUT2D eigenvalue weighted by atomic mass is 9.95. The molecule has 5 rings (SSSR count). The third-order valence-corrected chi connectivity index (χ3v) is 5.90. The minimum Gasteiger partial charge on any atom is -0.338 e. The van der Waals surface area contributed by atoms with Crippen molar-refractivity contribution in [3.8, 4) is 11.4 Å². The fourth-order valence-corrected chi connectivity index (χ4v) is 4.09. The van der Waals surface area contributed by atoms with Crippen molar-refractivity contribution in [2.24, 2.45) is 5.92 Å². The minimum absolute atomic E-state index is 0.0184. The van der Waals surface area contributed by atoms with Crippen LogP contribution in [0.5, 0.6) is 0 Å². The largest absolute Gasteiger partial charge is 0.338 e. The summed E-state index contributed by atoms with van der Waals surface area (Å²) in [7, 11) is 0. The van der Waals surface area contributed by atoms with Gasteiger partial charge in [0.05, 0.1) is 6.54 Å². The summed E-state index contributed by atoms with van der Waals surface area (Å²) < 4.78 is 18.5. The number of nitrogens with one attached hydrogen (secondary N) is 1. The second-order valence-corrected chi connectivity index (χ2v) is 8.12. The number of piperidine rings is 1. The number of anilines is 1. The second kappa shape index (κ2) is 8.88. The minimum atomic E-state index is -0.301. The van der Waals surface area contributed by atoms with Crippen molar-refractivity contribution in [2.45, 2.75) is 19.4 Å². The molecule has 0 bridgehead atoms. The Morgan fingerprint density at radius 2 is 1.78 bits per heavy atom. The van der Waals surface area contributed by atoms with Crippen LogP contribution in [0.4, 0.5) is 10.1 Å². The van der Waals surface area contributed by atoms with Gasteiger partial charge in [-0.05, 0) is 73.1 Å².